The monoisotopic (exact) mass is 243 g/mol. The third-order valence-electron chi connectivity index (χ3n) is 2.63. The van der Waals surface area contributed by atoms with Gasteiger partial charge in [-0.1, -0.05) is 6.07 Å². The van der Waals surface area contributed by atoms with Crippen molar-refractivity contribution >= 4 is 17.0 Å². The topological polar surface area (TPSA) is 70.1 Å². The summed E-state index contributed by atoms with van der Waals surface area (Å²) in [5.41, 5.74) is 2.48. The van der Waals surface area contributed by atoms with Crippen LogP contribution >= 0.6 is 0 Å². The first-order chi connectivity index (χ1) is 8.60. The Kier molecular flexibility index (Phi) is 3.28. The molecule has 1 amide bonds. The second kappa shape index (κ2) is 4.88. The Balaban J connectivity index is 2.16. The van der Waals surface area contributed by atoms with Crippen molar-refractivity contribution in [2.75, 3.05) is 7.05 Å². The second-order valence-corrected chi connectivity index (χ2v) is 4.12. The van der Waals surface area contributed by atoms with Crippen LogP contribution in [0.5, 0.6) is 0 Å². The SMILES string of the molecule is Cc1nc2cc(CN(C)C(=O)CC#N)ccc2o1. The molecule has 2 aromatic rings. The van der Waals surface area contributed by atoms with Gasteiger partial charge in [0, 0.05) is 20.5 Å². The molecule has 0 N–H and O–H groups in total. The smallest absolute Gasteiger partial charge is 0.236 e. The molecule has 1 aromatic carbocycles. The van der Waals surface area contributed by atoms with Crippen molar-refractivity contribution in [2.45, 2.75) is 19.9 Å². The number of benzene rings is 1. The van der Waals surface area contributed by atoms with E-state index in [1.165, 1.54) is 4.90 Å². The largest absolute Gasteiger partial charge is 0.441 e. The molecule has 0 aliphatic heterocycles. The fourth-order valence-electron chi connectivity index (χ4n) is 1.75. The number of carbonyl (C=O) groups excluding carboxylic acids is 1. The predicted molar refractivity (Wildman–Crippen MR) is 65.5 cm³/mol. The molecule has 5 nitrogen and oxygen atoms in total. The van der Waals surface area contributed by atoms with Crippen molar-refractivity contribution in [2.24, 2.45) is 0 Å². The Morgan fingerprint density at radius 2 is 2.33 bits per heavy atom. The number of hydrogen-bond donors (Lipinski definition) is 0. The first kappa shape index (κ1) is 12.1. The molecule has 18 heavy (non-hydrogen) atoms. The molecule has 2 rings (SSSR count). The van der Waals surface area contributed by atoms with Gasteiger partial charge in [0.05, 0.1) is 6.07 Å². The van der Waals surface area contributed by atoms with Crippen LogP contribution < -0.4 is 0 Å². The fraction of sp³-hybridized carbons (Fsp3) is 0.308. The lowest BCUT2D eigenvalue weighted by molar-refractivity contribution is -0.129. The van der Waals surface area contributed by atoms with E-state index < -0.39 is 0 Å². The molecule has 0 aliphatic carbocycles. The van der Waals surface area contributed by atoms with E-state index in [9.17, 15) is 4.79 Å². The normalized spacial score (nSPS) is 10.3. The maximum absolute atomic E-state index is 11.5. The first-order valence-electron chi connectivity index (χ1n) is 5.57. The van der Waals surface area contributed by atoms with Gasteiger partial charge in [0.1, 0.15) is 11.9 Å². The lowest BCUT2D eigenvalue weighted by atomic mass is 10.2. The van der Waals surface area contributed by atoms with E-state index >= 15 is 0 Å². The number of rotatable bonds is 3. The van der Waals surface area contributed by atoms with Gasteiger partial charge in [0.15, 0.2) is 11.5 Å². The molecule has 0 fully saturated rings. The van der Waals surface area contributed by atoms with Crippen molar-refractivity contribution in [3.8, 4) is 6.07 Å². The molecule has 0 unspecified atom stereocenters. The molecule has 1 heterocycles. The van der Waals surface area contributed by atoms with Gasteiger partial charge in [-0.25, -0.2) is 4.98 Å². The highest BCUT2D eigenvalue weighted by Crippen LogP contribution is 2.17. The Hall–Kier alpha value is -2.35. The highest BCUT2D eigenvalue weighted by molar-refractivity contribution is 5.78. The number of carbonyl (C=O) groups is 1. The van der Waals surface area contributed by atoms with Gasteiger partial charge in [-0.05, 0) is 17.7 Å². The highest BCUT2D eigenvalue weighted by atomic mass is 16.3. The van der Waals surface area contributed by atoms with Crippen LogP contribution in [0.2, 0.25) is 0 Å². The van der Waals surface area contributed by atoms with Crippen molar-refractivity contribution in [1.82, 2.24) is 9.88 Å². The van der Waals surface area contributed by atoms with E-state index in [-0.39, 0.29) is 12.3 Å². The molecule has 0 atom stereocenters. The van der Waals surface area contributed by atoms with Crippen molar-refractivity contribution in [1.29, 1.82) is 5.26 Å². The average Bonchev–Trinajstić information content (AvgIpc) is 2.68. The Morgan fingerprint density at radius 1 is 1.56 bits per heavy atom. The zero-order chi connectivity index (χ0) is 13.1. The van der Waals surface area contributed by atoms with Gasteiger partial charge in [-0.15, -0.1) is 0 Å². The molecular formula is C13H13N3O2. The van der Waals surface area contributed by atoms with Crippen LogP contribution in [0.1, 0.15) is 17.9 Å². The number of nitriles is 1. The number of oxazole rings is 1. The van der Waals surface area contributed by atoms with Crippen molar-refractivity contribution in [3.63, 3.8) is 0 Å². The fourth-order valence-corrected chi connectivity index (χ4v) is 1.75. The summed E-state index contributed by atoms with van der Waals surface area (Å²) < 4.78 is 5.38. The third-order valence-corrected chi connectivity index (χ3v) is 2.63. The summed E-state index contributed by atoms with van der Waals surface area (Å²) in [4.78, 5) is 17.2. The van der Waals surface area contributed by atoms with Gasteiger partial charge < -0.3 is 9.32 Å². The van der Waals surface area contributed by atoms with E-state index in [2.05, 4.69) is 4.98 Å². The van der Waals surface area contributed by atoms with Gasteiger partial charge in [0.25, 0.3) is 0 Å². The summed E-state index contributed by atoms with van der Waals surface area (Å²) in [5, 5.41) is 8.48. The number of aromatic nitrogens is 1. The van der Waals surface area contributed by atoms with Crippen LogP contribution in [0.15, 0.2) is 22.6 Å². The molecule has 1 aromatic heterocycles. The summed E-state index contributed by atoms with van der Waals surface area (Å²) in [6.07, 6.45) is -0.0954. The predicted octanol–water partition coefficient (Wildman–Crippen LogP) is 2.01. The Labute approximate surface area is 105 Å². The van der Waals surface area contributed by atoms with E-state index in [1.54, 1.807) is 14.0 Å². The summed E-state index contributed by atoms with van der Waals surface area (Å²) in [5.74, 6) is 0.435. The number of hydrogen-bond acceptors (Lipinski definition) is 4. The molecule has 0 saturated heterocycles. The van der Waals surface area contributed by atoms with Crippen LogP contribution in [-0.2, 0) is 11.3 Å². The highest BCUT2D eigenvalue weighted by Gasteiger charge is 2.10. The zero-order valence-corrected chi connectivity index (χ0v) is 10.3. The zero-order valence-electron chi connectivity index (χ0n) is 10.3. The van der Waals surface area contributed by atoms with Crippen LogP contribution in [0.4, 0.5) is 0 Å². The summed E-state index contributed by atoms with van der Waals surface area (Å²) in [6, 6.07) is 7.47. The van der Waals surface area contributed by atoms with Crippen LogP contribution in [0.25, 0.3) is 11.1 Å². The van der Waals surface area contributed by atoms with Crippen LogP contribution in [0.3, 0.4) is 0 Å². The van der Waals surface area contributed by atoms with Crippen LogP contribution in [0, 0.1) is 18.3 Å². The average molecular weight is 243 g/mol. The summed E-state index contributed by atoms with van der Waals surface area (Å²) in [6.45, 7) is 2.25. The van der Waals surface area contributed by atoms with Gasteiger partial charge in [0.2, 0.25) is 5.91 Å². The molecule has 0 radical (unpaired) electrons. The van der Waals surface area contributed by atoms with Gasteiger partial charge in [-0.3, -0.25) is 4.79 Å². The minimum absolute atomic E-state index is 0.0954. The van der Waals surface area contributed by atoms with Crippen molar-refractivity contribution in [3.05, 3.63) is 29.7 Å². The molecule has 0 saturated carbocycles. The minimum atomic E-state index is -0.186. The lowest BCUT2D eigenvalue weighted by Gasteiger charge is -2.15. The molecule has 0 spiro atoms. The second-order valence-electron chi connectivity index (χ2n) is 4.12. The summed E-state index contributed by atoms with van der Waals surface area (Å²) >= 11 is 0. The molecule has 0 bridgehead atoms. The first-order valence-corrected chi connectivity index (χ1v) is 5.57. The van der Waals surface area contributed by atoms with E-state index in [0.717, 1.165) is 16.7 Å². The number of nitrogens with zero attached hydrogens (tertiary/aromatic N) is 3. The standard InChI is InChI=1S/C13H13N3O2/c1-9-15-11-7-10(3-4-12(11)18-9)8-16(2)13(17)5-6-14/h3-4,7H,5,8H2,1-2H3. The van der Waals surface area contributed by atoms with Crippen molar-refractivity contribution < 1.29 is 9.21 Å². The molecular weight excluding hydrogens is 230 g/mol. The Morgan fingerprint density at radius 3 is 3.06 bits per heavy atom. The quantitative estimate of drug-likeness (QED) is 0.826. The lowest BCUT2D eigenvalue weighted by Crippen LogP contribution is -2.25. The van der Waals surface area contributed by atoms with Crippen LogP contribution in [-0.4, -0.2) is 22.8 Å². The maximum Gasteiger partial charge on any atom is 0.236 e. The van der Waals surface area contributed by atoms with E-state index in [1.807, 2.05) is 24.3 Å². The van der Waals surface area contributed by atoms with E-state index in [0.29, 0.717) is 12.4 Å². The Bertz CT molecular complexity index is 625. The number of amides is 1. The number of fused-ring (bicyclic) bond motifs is 1. The third kappa shape index (κ3) is 2.48. The van der Waals surface area contributed by atoms with Gasteiger partial charge in [-0.2, -0.15) is 5.26 Å². The molecule has 5 heteroatoms. The maximum atomic E-state index is 11.5. The van der Waals surface area contributed by atoms with E-state index in [4.69, 9.17) is 9.68 Å². The molecule has 92 valence electrons. The van der Waals surface area contributed by atoms with Gasteiger partial charge >= 0.3 is 0 Å². The number of aryl methyl sites for hydroxylation is 1. The minimum Gasteiger partial charge on any atom is -0.441 e. The molecule has 0 aliphatic rings. The summed E-state index contributed by atoms with van der Waals surface area (Å²) in [7, 11) is 1.68.